The smallest absolute Gasteiger partial charge is 0.289 e. The lowest BCUT2D eigenvalue weighted by Gasteiger charge is -2.29. The maximum atomic E-state index is 13.7. The number of furan rings is 1. The average molecular weight is 287 g/mol. The van der Waals surface area contributed by atoms with Crippen LogP contribution >= 0.6 is 0 Å². The van der Waals surface area contributed by atoms with Crippen LogP contribution in [0.5, 0.6) is 0 Å². The molecule has 2 heterocycles. The molecule has 110 valence electrons. The van der Waals surface area contributed by atoms with Crippen molar-refractivity contribution in [2.75, 3.05) is 13.1 Å². The molecule has 3 rings (SSSR count). The second-order valence-electron chi connectivity index (χ2n) is 5.62. The Bertz CT molecular complexity index is 642. The topological polar surface area (TPSA) is 33.5 Å². The van der Waals surface area contributed by atoms with Gasteiger partial charge in [0.2, 0.25) is 0 Å². The number of hydrogen-bond donors (Lipinski definition) is 0. The number of nitrogens with zero attached hydrogens (tertiary/aromatic N) is 1. The van der Waals surface area contributed by atoms with Crippen molar-refractivity contribution in [3.8, 4) is 11.3 Å². The third-order valence-electron chi connectivity index (χ3n) is 4.03. The van der Waals surface area contributed by atoms with E-state index in [2.05, 4.69) is 6.92 Å². The third kappa shape index (κ3) is 2.84. The van der Waals surface area contributed by atoms with E-state index < -0.39 is 0 Å². The Hall–Kier alpha value is -2.10. The molecule has 0 atom stereocenters. The number of piperidine rings is 1. The van der Waals surface area contributed by atoms with Gasteiger partial charge < -0.3 is 9.32 Å². The normalized spacial score (nSPS) is 16.2. The second-order valence-corrected chi connectivity index (χ2v) is 5.62. The zero-order valence-corrected chi connectivity index (χ0v) is 12.0. The van der Waals surface area contributed by atoms with Crippen LogP contribution in [0.2, 0.25) is 0 Å². The van der Waals surface area contributed by atoms with E-state index in [0.29, 0.717) is 17.2 Å². The molecule has 1 fully saturated rings. The summed E-state index contributed by atoms with van der Waals surface area (Å²) in [5.74, 6) is 0.881. The Balaban J connectivity index is 1.79. The van der Waals surface area contributed by atoms with Crippen LogP contribution in [0.15, 0.2) is 40.8 Å². The summed E-state index contributed by atoms with van der Waals surface area (Å²) in [5, 5.41) is 0. The quantitative estimate of drug-likeness (QED) is 0.837. The second kappa shape index (κ2) is 5.72. The lowest BCUT2D eigenvalue weighted by atomic mass is 9.99. The van der Waals surface area contributed by atoms with Gasteiger partial charge in [-0.3, -0.25) is 4.79 Å². The monoisotopic (exact) mass is 287 g/mol. The SMILES string of the molecule is CC1CCN(C(=O)c2ccc(-c3ccccc3F)o2)CC1. The molecule has 1 aromatic carbocycles. The summed E-state index contributed by atoms with van der Waals surface area (Å²) in [6, 6.07) is 9.67. The number of benzene rings is 1. The van der Waals surface area contributed by atoms with Crippen molar-refractivity contribution in [1.29, 1.82) is 0 Å². The Morgan fingerprint density at radius 2 is 1.90 bits per heavy atom. The summed E-state index contributed by atoms with van der Waals surface area (Å²) in [6.07, 6.45) is 2.04. The van der Waals surface area contributed by atoms with E-state index in [9.17, 15) is 9.18 Å². The van der Waals surface area contributed by atoms with Crippen molar-refractivity contribution < 1.29 is 13.6 Å². The highest BCUT2D eigenvalue weighted by Gasteiger charge is 2.24. The van der Waals surface area contributed by atoms with Gasteiger partial charge in [-0.25, -0.2) is 4.39 Å². The number of carbonyl (C=O) groups excluding carboxylic acids is 1. The minimum atomic E-state index is -0.349. The van der Waals surface area contributed by atoms with Gasteiger partial charge in [0.25, 0.3) is 5.91 Å². The summed E-state index contributed by atoms with van der Waals surface area (Å²) in [6.45, 7) is 3.72. The first-order valence-corrected chi connectivity index (χ1v) is 7.29. The molecule has 1 saturated heterocycles. The van der Waals surface area contributed by atoms with Crippen molar-refractivity contribution in [3.05, 3.63) is 48.0 Å². The molecule has 1 aliphatic rings. The van der Waals surface area contributed by atoms with Crippen molar-refractivity contribution in [3.63, 3.8) is 0 Å². The summed E-state index contributed by atoms with van der Waals surface area (Å²) in [4.78, 5) is 14.2. The predicted molar refractivity (Wildman–Crippen MR) is 78.4 cm³/mol. The molecule has 4 heteroatoms. The first-order valence-electron chi connectivity index (χ1n) is 7.29. The van der Waals surface area contributed by atoms with Crippen LogP contribution in [-0.2, 0) is 0 Å². The van der Waals surface area contributed by atoms with E-state index >= 15 is 0 Å². The third-order valence-corrected chi connectivity index (χ3v) is 4.03. The fraction of sp³-hybridized carbons (Fsp3) is 0.353. The number of halogens is 1. The average Bonchev–Trinajstić information content (AvgIpc) is 2.97. The highest BCUT2D eigenvalue weighted by atomic mass is 19.1. The summed E-state index contributed by atoms with van der Waals surface area (Å²) >= 11 is 0. The van der Waals surface area contributed by atoms with Crippen LogP contribution in [0, 0.1) is 11.7 Å². The van der Waals surface area contributed by atoms with Crippen LogP contribution in [0.4, 0.5) is 4.39 Å². The summed E-state index contributed by atoms with van der Waals surface area (Å²) in [5.41, 5.74) is 0.379. The molecule has 21 heavy (non-hydrogen) atoms. The van der Waals surface area contributed by atoms with Gasteiger partial charge >= 0.3 is 0 Å². The Morgan fingerprint density at radius 1 is 1.19 bits per heavy atom. The van der Waals surface area contributed by atoms with Crippen molar-refractivity contribution in [2.24, 2.45) is 5.92 Å². The molecule has 0 radical (unpaired) electrons. The molecule has 1 aliphatic heterocycles. The van der Waals surface area contributed by atoms with Gasteiger partial charge in [-0.1, -0.05) is 19.1 Å². The highest BCUT2D eigenvalue weighted by Crippen LogP contribution is 2.26. The minimum Gasteiger partial charge on any atom is -0.451 e. The zero-order chi connectivity index (χ0) is 14.8. The molecule has 2 aromatic rings. The molecule has 0 N–H and O–H groups in total. The Labute approximate surface area is 123 Å². The van der Waals surface area contributed by atoms with E-state index in [1.54, 1.807) is 30.3 Å². The lowest BCUT2D eigenvalue weighted by Crippen LogP contribution is -2.37. The molecule has 1 aromatic heterocycles. The fourth-order valence-electron chi connectivity index (χ4n) is 2.63. The van der Waals surface area contributed by atoms with Crippen LogP contribution in [0.3, 0.4) is 0 Å². The largest absolute Gasteiger partial charge is 0.451 e. The van der Waals surface area contributed by atoms with Crippen LogP contribution in [-0.4, -0.2) is 23.9 Å². The number of rotatable bonds is 2. The van der Waals surface area contributed by atoms with Crippen LogP contribution in [0.25, 0.3) is 11.3 Å². The van der Waals surface area contributed by atoms with Crippen LogP contribution < -0.4 is 0 Å². The summed E-state index contributed by atoms with van der Waals surface area (Å²) < 4.78 is 19.3. The van der Waals surface area contributed by atoms with Crippen molar-refractivity contribution in [2.45, 2.75) is 19.8 Å². The van der Waals surface area contributed by atoms with Gasteiger partial charge in [-0.05, 0) is 43.0 Å². The van der Waals surface area contributed by atoms with Gasteiger partial charge in [-0.2, -0.15) is 0 Å². The maximum Gasteiger partial charge on any atom is 0.289 e. The first kappa shape index (κ1) is 13.9. The molecule has 3 nitrogen and oxygen atoms in total. The minimum absolute atomic E-state index is 0.107. The van der Waals surface area contributed by atoms with E-state index in [-0.39, 0.29) is 17.5 Å². The van der Waals surface area contributed by atoms with E-state index in [1.165, 1.54) is 6.07 Å². The van der Waals surface area contributed by atoms with Crippen molar-refractivity contribution >= 4 is 5.91 Å². The lowest BCUT2D eigenvalue weighted by molar-refractivity contribution is 0.0666. The number of amides is 1. The van der Waals surface area contributed by atoms with Gasteiger partial charge in [0.15, 0.2) is 5.76 Å². The van der Waals surface area contributed by atoms with E-state index in [0.717, 1.165) is 25.9 Å². The highest BCUT2D eigenvalue weighted by molar-refractivity contribution is 5.92. The molecule has 0 saturated carbocycles. The number of likely N-dealkylation sites (tertiary alicyclic amines) is 1. The van der Waals surface area contributed by atoms with Gasteiger partial charge in [0.05, 0.1) is 5.56 Å². The van der Waals surface area contributed by atoms with Gasteiger partial charge in [0, 0.05) is 13.1 Å². The van der Waals surface area contributed by atoms with E-state index in [1.807, 2.05) is 4.90 Å². The van der Waals surface area contributed by atoms with Crippen molar-refractivity contribution in [1.82, 2.24) is 4.90 Å². The molecule has 0 bridgehead atoms. The fourth-order valence-corrected chi connectivity index (χ4v) is 2.63. The Kier molecular flexibility index (Phi) is 3.78. The molecule has 0 unspecified atom stereocenters. The standard InChI is InChI=1S/C17H18FNO2/c1-12-8-10-19(11-9-12)17(20)16-7-6-15(21-16)13-4-2-3-5-14(13)18/h2-7,12H,8-11H2,1H3. The molecule has 1 amide bonds. The zero-order valence-electron chi connectivity index (χ0n) is 12.0. The predicted octanol–water partition coefficient (Wildman–Crippen LogP) is 3.96. The summed E-state index contributed by atoms with van der Waals surface area (Å²) in [7, 11) is 0. The molecular formula is C17H18FNO2. The van der Waals surface area contributed by atoms with E-state index in [4.69, 9.17) is 4.42 Å². The maximum absolute atomic E-state index is 13.7. The Morgan fingerprint density at radius 3 is 2.62 bits per heavy atom. The molecule has 0 aliphatic carbocycles. The first-order chi connectivity index (χ1) is 10.1. The van der Waals surface area contributed by atoms with Gasteiger partial charge in [0.1, 0.15) is 11.6 Å². The number of carbonyl (C=O) groups is 1. The molecule has 0 spiro atoms. The van der Waals surface area contributed by atoms with Gasteiger partial charge in [-0.15, -0.1) is 0 Å². The number of hydrogen-bond acceptors (Lipinski definition) is 2. The molecular weight excluding hydrogens is 269 g/mol. The van der Waals surface area contributed by atoms with Crippen LogP contribution in [0.1, 0.15) is 30.3 Å².